The molecule has 0 saturated carbocycles. The number of hydrogen-bond donors (Lipinski definition) is 1. The van der Waals surface area contributed by atoms with Crippen LogP contribution in [0.25, 0.3) is 0 Å². The van der Waals surface area contributed by atoms with Gasteiger partial charge in [0.2, 0.25) is 5.91 Å². The van der Waals surface area contributed by atoms with Crippen molar-refractivity contribution in [3.05, 3.63) is 34.3 Å². The lowest BCUT2D eigenvalue weighted by molar-refractivity contribution is -0.190. The van der Waals surface area contributed by atoms with Crippen LogP contribution in [-0.4, -0.2) is 29.7 Å². The predicted molar refractivity (Wildman–Crippen MR) is 76.4 cm³/mol. The molecule has 1 atom stereocenters. The van der Waals surface area contributed by atoms with Gasteiger partial charge in [0.05, 0.1) is 0 Å². The van der Waals surface area contributed by atoms with Gasteiger partial charge in [0.15, 0.2) is 0 Å². The number of amides is 1. The summed E-state index contributed by atoms with van der Waals surface area (Å²) in [7, 11) is 0. The second-order valence-corrected chi connectivity index (χ2v) is 5.97. The van der Waals surface area contributed by atoms with Crippen molar-refractivity contribution in [1.82, 2.24) is 10.4 Å². The number of alkyl halides is 3. The van der Waals surface area contributed by atoms with Crippen LogP contribution in [0, 0.1) is 0 Å². The Labute approximate surface area is 129 Å². The fourth-order valence-electron chi connectivity index (χ4n) is 2.37. The van der Waals surface area contributed by atoms with Gasteiger partial charge in [-0.15, -0.1) is 0 Å². The summed E-state index contributed by atoms with van der Waals surface area (Å²) < 4.78 is 40.2. The molecule has 1 aromatic rings. The Morgan fingerprint density at radius 1 is 1.29 bits per heavy atom. The van der Waals surface area contributed by atoms with E-state index in [1.165, 1.54) is 0 Å². The third-order valence-corrected chi connectivity index (χ3v) is 3.99. The van der Waals surface area contributed by atoms with E-state index in [0.29, 0.717) is 12.8 Å². The predicted octanol–water partition coefficient (Wildman–Crippen LogP) is 3.44. The topological polar surface area (TPSA) is 32.3 Å². The molecule has 1 unspecified atom stereocenters. The van der Waals surface area contributed by atoms with Crippen LogP contribution < -0.4 is 5.43 Å². The van der Waals surface area contributed by atoms with Crippen LogP contribution in [0.5, 0.6) is 0 Å². The van der Waals surface area contributed by atoms with Gasteiger partial charge in [-0.1, -0.05) is 28.1 Å². The maximum atomic E-state index is 13.1. The molecule has 0 aromatic heterocycles. The van der Waals surface area contributed by atoms with Crippen molar-refractivity contribution in [3.8, 4) is 0 Å². The Bertz CT molecular complexity index is 490. The SMILES string of the molecule is O=C1CCN(C(CCCc2ccc(Br)cc2)C(F)(F)F)N1. The number of rotatable bonds is 5. The minimum Gasteiger partial charge on any atom is -0.288 e. The molecule has 1 heterocycles. The average molecular weight is 365 g/mol. The molecule has 1 fully saturated rings. The van der Waals surface area contributed by atoms with Crippen LogP contribution >= 0.6 is 15.9 Å². The Kier molecular flexibility index (Phi) is 5.27. The van der Waals surface area contributed by atoms with E-state index in [4.69, 9.17) is 0 Å². The number of carbonyl (C=O) groups is 1. The molecule has 7 heteroatoms. The first-order chi connectivity index (χ1) is 9.86. The first-order valence-corrected chi connectivity index (χ1v) is 7.53. The number of nitrogens with zero attached hydrogens (tertiary/aromatic N) is 1. The number of halogens is 4. The molecule has 1 N–H and O–H groups in total. The van der Waals surface area contributed by atoms with Gasteiger partial charge in [-0.3, -0.25) is 10.2 Å². The quantitative estimate of drug-likeness (QED) is 0.867. The van der Waals surface area contributed by atoms with E-state index >= 15 is 0 Å². The lowest BCUT2D eigenvalue weighted by Gasteiger charge is -2.28. The summed E-state index contributed by atoms with van der Waals surface area (Å²) in [6.45, 7) is 0.112. The second kappa shape index (κ2) is 6.79. The molecule has 21 heavy (non-hydrogen) atoms. The summed E-state index contributed by atoms with van der Waals surface area (Å²) in [5, 5.41) is 1.02. The highest BCUT2D eigenvalue weighted by Crippen LogP contribution is 2.29. The highest BCUT2D eigenvalue weighted by atomic mass is 79.9. The average Bonchev–Trinajstić information content (AvgIpc) is 2.81. The van der Waals surface area contributed by atoms with Gasteiger partial charge in [-0.25, -0.2) is 5.01 Å². The highest BCUT2D eigenvalue weighted by Gasteiger charge is 2.45. The number of hydrazine groups is 1. The summed E-state index contributed by atoms with van der Waals surface area (Å²) in [6, 6.07) is 5.92. The maximum Gasteiger partial charge on any atom is 0.405 e. The standard InChI is InChI=1S/C14H16BrF3N2O/c15-11-6-4-10(5-7-11)2-1-3-12(14(16,17)18)20-9-8-13(21)19-20/h4-7,12H,1-3,8-9H2,(H,19,21). The molecule has 0 bridgehead atoms. The van der Waals surface area contributed by atoms with Crippen LogP contribution in [0.2, 0.25) is 0 Å². The second-order valence-electron chi connectivity index (χ2n) is 5.05. The maximum absolute atomic E-state index is 13.1. The van der Waals surface area contributed by atoms with Crippen molar-refractivity contribution in [1.29, 1.82) is 0 Å². The van der Waals surface area contributed by atoms with E-state index in [1.807, 2.05) is 24.3 Å². The molecule has 1 aliphatic rings. The molecule has 1 saturated heterocycles. The highest BCUT2D eigenvalue weighted by molar-refractivity contribution is 9.10. The zero-order chi connectivity index (χ0) is 15.5. The van der Waals surface area contributed by atoms with E-state index in [2.05, 4.69) is 21.4 Å². The van der Waals surface area contributed by atoms with Crippen molar-refractivity contribution >= 4 is 21.8 Å². The molecular formula is C14H16BrF3N2O. The van der Waals surface area contributed by atoms with Crippen molar-refractivity contribution in [2.24, 2.45) is 0 Å². The number of benzene rings is 1. The fourth-order valence-corrected chi connectivity index (χ4v) is 2.64. The van der Waals surface area contributed by atoms with E-state index in [9.17, 15) is 18.0 Å². The number of carbonyl (C=O) groups excluding carboxylic acids is 1. The van der Waals surface area contributed by atoms with Crippen molar-refractivity contribution in [3.63, 3.8) is 0 Å². The lowest BCUT2D eigenvalue weighted by Crippen LogP contribution is -2.49. The van der Waals surface area contributed by atoms with Crippen LogP contribution in [0.3, 0.4) is 0 Å². The Hall–Kier alpha value is -1.08. The molecule has 0 spiro atoms. The summed E-state index contributed by atoms with van der Waals surface area (Å²) >= 11 is 3.32. The summed E-state index contributed by atoms with van der Waals surface area (Å²) in [6.07, 6.45) is -3.24. The van der Waals surface area contributed by atoms with E-state index in [-0.39, 0.29) is 25.3 Å². The van der Waals surface area contributed by atoms with Gasteiger partial charge >= 0.3 is 6.18 Å². The van der Waals surface area contributed by atoms with Gasteiger partial charge in [0.25, 0.3) is 0 Å². The third-order valence-electron chi connectivity index (χ3n) is 3.46. The smallest absolute Gasteiger partial charge is 0.288 e. The fraction of sp³-hybridized carbons (Fsp3) is 0.500. The Balaban J connectivity index is 1.90. The Morgan fingerprint density at radius 2 is 1.95 bits per heavy atom. The van der Waals surface area contributed by atoms with Crippen molar-refractivity contribution in [2.75, 3.05) is 6.54 Å². The molecule has 2 rings (SSSR count). The summed E-state index contributed by atoms with van der Waals surface area (Å²) in [4.78, 5) is 11.1. The van der Waals surface area contributed by atoms with E-state index < -0.39 is 12.2 Å². The first kappa shape index (κ1) is 16.3. The zero-order valence-corrected chi connectivity index (χ0v) is 12.9. The van der Waals surface area contributed by atoms with Gasteiger partial charge in [0, 0.05) is 17.4 Å². The molecule has 1 amide bonds. The minimum atomic E-state index is -4.34. The third kappa shape index (κ3) is 4.71. The largest absolute Gasteiger partial charge is 0.405 e. The number of hydrogen-bond acceptors (Lipinski definition) is 2. The monoisotopic (exact) mass is 364 g/mol. The summed E-state index contributed by atoms with van der Waals surface area (Å²) in [5.41, 5.74) is 3.29. The van der Waals surface area contributed by atoms with Gasteiger partial charge in [-0.05, 0) is 37.0 Å². The van der Waals surface area contributed by atoms with Crippen molar-refractivity contribution < 1.29 is 18.0 Å². The number of aryl methyl sites for hydroxylation is 1. The molecule has 116 valence electrons. The van der Waals surface area contributed by atoms with Crippen LogP contribution in [0.15, 0.2) is 28.7 Å². The van der Waals surface area contributed by atoms with Gasteiger partial charge in [-0.2, -0.15) is 13.2 Å². The molecule has 1 aromatic carbocycles. The van der Waals surface area contributed by atoms with Crippen LogP contribution in [0.1, 0.15) is 24.8 Å². The Morgan fingerprint density at radius 3 is 2.48 bits per heavy atom. The van der Waals surface area contributed by atoms with Gasteiger partial charge in [0.1, 0.15) is 6.04 Å². The molecule has 0 aliphatic carbocycles. The number of nitrogens with one attached hydrogen (secondary N) is 1. The molecule has 3 nitrogen and oxygen atoms in total. The minimum absolute atomic E-state index is 0.0279. The van der Waals surface area contributed by atoms with Crippen molar-refractivity contribution in [2.45, 2.75) is 37.9 Å². The van der Waals surface area contributed by atoms with Gasteiger partial charge < -0.3 is 0 Å². The van der Waals surface area contributed by atoms with E-state index in [1.54, 1.807) is 0 Å². The van der Waals surface area contributed by atoms with Crippen LogP contribution in [0.4, 0.5) is 13.2 Å². The normalized spacial score (nSPS) is 17.8. The van der Waals surface area contributed by atoms with E-state index in [0.717, 1.165) is 15.0 Å². The molecular weight excluding hydrogens is 349 g/mol. The first-order valence-electron chi connectivity index (χ1n) is 6.73. The van der Waals surface area contributed by atoms with Crippen LogP contribution in [-0.2, 0) is 11.2 Å². The summed E-state index contributed by atoms with van der Waals surface area (Å²) in [5.74, 6) is -0.350. The molecule has 0 radical (unpaired) electrons. The lowest BCUT2D eigenvalue weighted by atomic mass is 10.0. The zero-order valence-electron chi connectivity index (χ0n) is 11.3. The molecule has 1 aliphatic heterocycles.